The zero-order valence-electron chi connectivity index (χ0n) is 16.0. The SMILES string of the molecule is COC(=O)c1ccc(NC(=O)CCCC(=O)OCC(=NO)c2ccccc2)cc1. The molecule has 0 bridgehead atoms. The van der Waals surface area contributed by atoms with Gasteiger partial charge in [0.25, 0.3) is 0 Å². The molecule has 2 rings (SSSR count). The molecule has 8 heteroatoms. The molecule has 0 fully saturated rings. The van der Waals surface area contributed by atoms with Gasteiger partial charge in [-0.25, -0.2) is 4.79 Å². The molecular formula is C21H22N2O6. The van der Waals surface area contributed by atoms with Gasteiger partial charge in [0.1, 0.15) is 12.3 Å². The Morgan fingerprint density at radius 3 is 2.28 bits per heavy atom. The Balaban J connectivity index is 1.70. The molecule has 0 aliphatic carbocycles. The molecule has 0 spiro atoms. The average Bonchev–Trinajstić information content (AvgIpc) is 2.75. The normalized spacial score (nSPS) is 10.9. The summed E-state index contributed by atoms with van der Waals surface area (Å²) in [6, 6.07) is 15.2. The Morgan fingerprint density at radius 2 is 1.66 bits per heavy atom. The van der Waals surface area contributed by atoms with Crippen LogP contribution in [0, 0.1) is 0 Å². The second kappa shape index (κ2) is 11.2. The Morgan fingerprint density at radius 1 is 0.966 bits per heavy atom. The zero-order chi connectivity index (χ0) is 21.1. The van der Waals surface area contributed by atoms with Crippen molar-refractivity contribution in [2.24, 2.45) is 5.16 Å². The highest BCUT2D eigenvalue weighted by Crippen LogP contribution is 2.11. The summed E-state index contributed by atoms with van der Waals surface area (Å²) in [6.07, 6.45) is 0.498. The van der Waals surface area contributed by atoms with E-state index in [0.29, 0.717) is 23.2 Å². The van der Waals surface area contributed by atoms with E-state index < -0.39 is 11.9 Å². The lowest BCUT2D eigenvalue weighted by molar-refractivity contribution is -0.142. The second-order valence-electron chi connectivity index (χ2n) is 6.04. The van der Waals surface area contributed by atoms with Crippen LogP contribution >= 0.6 is 0 Å². The Kier molecular flexibility index (Phi) is 8.37. The fraction of sp³-hybridized carbons (Fsp3) is 0.238. The summed E-state index contributed by atoms with van der Waals surface area (Å²) in [5.74, 6) is -1.20. The number of nitrogens with zero attached hydrogens (tertiary/aromatic N) is 1. The van der Waals surface area contributed by atoms with E-state index in [1.807, 2.05) is 6.07 Å². The molecule has 8 nitrogen and oxygen atoms in total. The van der Waals surface area contributed by atoms with Crippen LogP contribution in [0.15, 0.2) is 59.8 Å². The molecule has 2 aromatic rings. The first kappa shape index (κ1) is 21.6. The number of ether oxygens (including phenoxy) is 2. The summed E-state index contributed by atoms with van der Waals surface area (Å²) in [5.41, 5.74) is 1.82. The van der Waals surface area contributed by atoms with E-state index in [1.165, 1.54) is 7.11 Å². The van der Waals surface area contributed by atoms with Crippen molar-refractivity contribution in [3.8, 4) is 0 Å². The molecule has 29 heavy (non-hydrogen) atoms. The fourth-order valence-electron chi connectivity index (χ4n) is 2.45. The topological polar surface area (TPSA) is 114 Å². The van der Waals surface area contributed by atoms with E-state index in [0.717, 1.165) is 0 Å². The fourth-order valence-corrected chi connectivity index (χ4v) is 2.45. The van der Waals surface area contributed by atoms with Gasteiger partial charge < -0.3 is 20.0 Å². The van der Waals surface area contributed by atoms with Crippen LogP contribution in [-0.4, -0.2) is 42.5 Å². The molecule has 0 aliphatic heterocycles. The lowest BCUT2D eigenvalue weighted by Gasteiger charge is -2.08. The van der Waals surface area contributed by atoms with Crippen LogP contribution in [0.4, 0.5) is 5.69 Å². The maximum atomic E-state index is 12.0. The van der Waals surface area contributed by atoms with Crippen LogP contribution in [0.25, 0.3) is 0 Å². The summed E-state index contributed by atoms with van der Waals surface area (Å²) in [5, 5.41) is 14.9. The molecule has 2 N–H and O–H groups in total. The van der Waals surface area contributed by atoms with Crippen molar-refractivity contribution < 1.29 is 29.1 Å². The summed E-state index contributed by atoms with van der Waals surface area (Å²) < 4.78 is 9.70. The number of hydrogen-bond donors (Lipinski definition) is 2. The molecule has 2 aromatic carbocycles. The van der Waals surface area contributed by atoms with Gasteiger partial charge in [-0.1, -0.05) is 35.5 Å². The van der Waals surface area contributed by atoms with Gasteiger partial charge >= 0.3 is 11.9 Å². The Bertz CT molecular complexity index is 862. The van der Waals surface area contributed by atoms with E-state index in [-0.39, 0.29) is 31.1 Å². The summed E-state index contributed by atoms with van der Waals surface area (Å²) in [6.45, 7) is -0.155. The molecule has 152 valence electrons. The predicted octanol–water partition coefficient (Wildman–Crippen LogP) is 3.00. The van der Waals surface area contributed by atoms with Crippen molar-refractivity contribution in [3.05, 3.63) is 65.7 Å². The summed E-state index contributed by atoms with van der Waals surface area (Å²) in [7, 11) is 1.29. The van der Waals surface area contributed by atoms with Gasteiger partial charge in [-0.2, -0.15) is 0 Å². The van der Waals surface area contributed by atoms with Gasteiger partial charge in [-0.05, 0) is 30.7 Å². The third kappa shape index (κ3) is 7.10. The van der Waals surface area contributed by atoms with Crippen LogP contribution in [-0.2, 0) is 19.1 Å². The van der Waals surface area contributed by atoms with E-state index in [4.69, 9.17) is 9.94 Å². The number of amides is 1. The lowest BCUT2D eigenvalue weighted by Crippen LogP contribution is -2.16. The number of carbonyl (C=O) groups excluding carboxylic acids is 3. The van der Waals surface area contributed by atoms with Crippen molar-refractivity contribution in [2.45, 2.75) is 19.3 Å². The number of oxime groups is 1. The van der Waals surface area contributed by atoms with E-state index in [1.54, 1.807) is 48.5 Å². The molecule has 0 unspecified atom stereocenters. The first-order valence-electron chi connectivity index (χ1n) is 8.93. The standard InChI is InChI=1S/C21H22N2O6/c1-28-21(26)16-10-12-17(13-11-16)22-19(24)8-5-9-20(25)29-14-18(23-27)15-6-3-2-4-7-15/h2-4,6-7,10-13,27H,5,8-9,14H2,1H3,(H,22,24). The number of rotatable bonds is 9. The third-order valence-corrected chi connectivity index (χ3v) is 3.97. The molecule has 0 aliphatic rings. The van der Waals surface area contributed by atoms with Gasteiger partial charge in [0, 0.05) is 24.1 Å². The summed E-state index contributed by atoms with van der Waals surface area (Å²) in [4.78, 5) is 35.2. The average molecular weight is 398 g/mol. The molecule has 0 heterocycles. The molecule has 0 aromatic heterocycles. The smallest absolute Gasteiger partial charge is 0.337 e. The van der Waals surface area contributed by atoms with Gasteiger partial charge in [0.05, 0.1) is 12.7 Å². The van der Waals surface area contributed by atoms with E-state index in [9.17, 15) is 14.4 Å². The van der Waals surface area contributed by atoms with Crippen LogP contribution in [0.5, 0.6) is 0 Å². The van der Waals surface area contributed by atoms with Crippen LogP contribution in [0.2, 0.25) is 0 Å². The minimum atomic E-state index is -0.489. The van der Waals surface area contributed by atoms with Gasteiger partial charge in [0.2, 0.25) is 5.91 Å². The maximum absolute atomic E-state index is 12.0. The molecule has 0 radical (unpaired) electrons. The molecule has 1 amide bonds. The number of nitrogens with one attached hydrogen (secondary N) is 1. The highest BCUT2D eigenvalue weighted by molar-refractivity contribution is 6.01. The highest BCUT2D eigenvalue weighted by atomic mass is 16.5. The minimum absolute atomic E-state index is 0.0577. The van der Waals surface area contributed by atoms with Crippen LogP contribution in [0.1, 0.15) is 35.2 Å². The predicted molar refractivity (Wildman–Crippen MR) is 106 cm³/mol. The molecule has 0 atom stereocenters. The second-order valence-corrected chi connectivity index (χ2v) is 6.04. The van der Waals surface area contributed by atoms with Crippen LogP contribution in [0.3, 0.4) is 0 Å². The molecular weight excluding hydrogens is 376 g/mol. The van der Waals surface area contributed by atoms with Crippen molar-refractivity contribution >= 4 is 29.2 Å². The van der Waals surface area contributed by atoms with E-state index >= 15 is 0 Å². The van der Waals surface area contributed by atoms with Crippen LogP contribution < -0.4 is 5.32 Å². The molecule has 0 saturated heterocycles. The van der Waals surface area contributed by atoms with E-state index in [2.05, 4.69) is 15.2 Å². The van der Waals surface area contributed by atoms with Gasteiger partial charge in [0.15, 0.2) is 0 Å². The Hall–Kier alpha value is -3.68. The number of esters is 2. The first-order valence-corrected chi connectivity index (χ1v) is 8.93. The summed E-state index contributed by atoms with van der Waals surface area (Å²) >= 11 is 0. The van der Waals surface area contributed by atoms with Crippen molar-refractivity contribution in [2.75, 3.05) is 19.0 Å². The largest absolute Gasteiger partial charge is 0.465 e. The van der Waals surface area contributed by atoms with Crippen molar-refractivity contribution in [3.63, 3.8) is 0 Å². The number of carbonyl (C=O) groups is 3. The Labute approximate surface area is 168 Å². The monoisotopic (exact) mass is 398 g/mol. The third-order valence-electron chi connectivity index (χ3n) is 3.97. The lowest BCUT2D eigenvalue weighted by atomic mass is 10.1. The zero-order valence-corrected chi connectivity index (χ0v) is 16.0. The number of hydrogen-bond acceptors (Lipinski definition) is 7. The number of anilines is 1. The number of benzene rings is 2. The van der Waals surface area contributed by atoms with Crippen molar-refractivity contribution in [1.29, 1.82) is 0 Å². The highest BCUT2D eigenvalue weighted by Gasteiger charge is 2.11. The number of methoxy groups -OCH3 is 1. The van der Waals surface area contributed by atoms with Crippen molar-refractivity contribution in [1.82, 2.24) is 0 Å². The maximum Gasteiger partial charge on any atom is 0.337 e. The van der Waals surface area contributed by atoms with Gasteiger partial charge in [-0.3, -0.25) is 9.59 Å². The quantitative estimate of drug-likeness (QED) is 0.290. The van der Waals surface area contributed by atoms with Gasteiger partial charge in [-0.15, -0.1) is 0 Å². The first-order chi connectivity index (χ1) is 14.0. The minimum Gasteiger partial charge on any atom is -0.465 e. The molecule has 0 saturated carbocycles.